The third kappa shape index (κ3) is 7.21. The van der Waals surface area contributed by atoms with Crippen LogP contribution in [0, 0.1) is 0 Å². The average molecular weight is 707 g/mol. The molecule has 1 amide bonds. The quantitative estimate of drug-likeness (QED) is 0.190. The standard InChI is InChI=1S/C39H42ClF3N4O3/c1-25(2)50-32-12-11-30-33(37(48)45-38(15-16-38)27-8-4-3-5-9-27)31(24-46-17-13-29(14-18-46)47-19-21-49-22-20-47)35(44-36(30)34(32)40)26-7-6-10-28(23-26)39(41,42)43/h3-12,23,25,29H,13-22,24H2,1-2H3,(H,45,48). The molecule has 2 aliphatic heterocycles. The minimum Gasteiger partial charge on any atom is -0.489 e. The molecule has 0 unspecified atom stereocenters. The predicted molar refractivity (Wildman–Crippen MR) is 188 cm³/mol. The predicted octanol–water partition coefficient (Wildman–Crippen LogP) is 8.08. The molecule has 50 heavy (non-hydrogen) atoms. The number of aromatic nitrogens is 1. The molecule has 1 aliphatic carbocycles. The highest BCUT2D eigenvalue weighted by molar-refractivity contribution is 6.37. The van der Waals surface area contributed by atoms with Crippen molar-refractivity contribution in [3.8, 4) is 17.0 Å². The van der Waals surface area contributed by atoms with E-state index in [1.54, 1.807) is 18.2 Å². The fourth-order valence-corrected chi connectivity index (χ4v) is 7.67. The van der Waals surface area contributed by atoms with E-state index in [1.807, 2.05) is 44.2 Å². The zero-order valence-electron chi connectivity index (χ0n) is 28.4. The number of morpholine rings is 1. The Labute approximate surface area is 295 Å². The van der Waals surface area contributed by atoms with Crippen molar-refractivity contribution in [1.82, 2.24) is 20.1 Å². The molecule has 3 aliphatic rings. The Morgan fingerprint density at radius 3 is 2.40 bits per heavy atom. The van der Waals surface area contributed by atoms with Crippen molar-refractivity contribution >= 4 is 28.4 Å². The van der Waals surface area contributed by atoms with Crippen LogP contribution in [0.15, 0.2) is 66.7 Å². The lowest BCUT2D eigenvalue weighted by Gasteiger charge is -2.40. The van der Waals surface area contributed by atoms with E-state index in [1.165, 1.54) is 6.07 Å². The van der Waals surface area contributed by atoms with Crippen LogP contribution in [0.2, 0.25) is 5.02 Å². The first-order valence-electron chi connectivity index (χ1n) is 17.4. The summed E-state index contributed by atoms with van der Waals surface area (Å²) >= 11 is 6.98. The Kier molecular flexibility index (Phi) is 9.82. The summed E-state index contributed by atoms with van der Waals surface area (Å²) in [6.07, 6.45) is -1.29. The molecule has 11 heteroatoms. The van der Waals surface area contributed by atoms with Crippen LogP contribution in [0.25, 0.3) is 22.2 Å². The Bertz CT molecular complexity index is 1850. The van der Waals surface area contributed by atoms with Crippen LogP contribution in [0.4, 0.5) is 13.2 Å². The van der Waals surface area contributed by atoms with Crippen LogP contribution in [-0.2, 0) is 23.0 Å². The first-order chi connectivity index (χ1) is 24.0. The molecule has 1 aromatic heterocycles. The largest absolute Gasteiger partial charge is 0.489 e. The van der Waals surface area contributed by atoms with Crippen molar-refractivity contribution in [2.45, 2.75) is 69.9 Å². The van der Waals surface area contributed by atoms with Crippen LogP contribution in [0.1, 0.15) is 66.6 Å². The summed E-state index contributed by atoms with van der Waals surface area (Å²) in [5, 5.41) is 4.08. The smallest absolute Gasteiger partial charge is 0.416 e. The van der Waals surface area contributed by atoms with E-state index < -0.39 is 17.3 Å². The maximum absolute atomic E-state index is 14.8. The zero-order chi connectivity index (χ0) is 35.0. The number of carbonyl (C=O) groups excluding carboxylic acids is 1. The molecule has 0 atom stereocenters. The van der Waals surface area contributed by atoms with Gasteiger partial charge in [0.25, 0.3) is 5.91 Å². The van der Waals surface area contributed by atoms with Crippen molar-refractivity contribution in [2.24, 2.45) is 0 Å². The normalized spacial score (nSPS) is 18.8. The number of pyridine rings is 1. The Morgan fingerprint density at radius 1 is 1.02 bits per heavy atom. The Morgan fingerprint density at radius 2 is 1.74 bits per heavy atom. The summed E-state index contributed by atoms with van der Waals surface area (Å²) in [5.41, 5.74) is 1.53. The first kappa shape index (κ1) is 34.7. The number of nitrogens with zero attached hydrogens (tertiary/aromatic N) is 3. The minimum atomic E-state index is -4.56. The molecular weight excluding hydrogens is 665 g/mol. The van der Waals surface area contributed by atoms with E-state index in [2.05, 4.69) is 15.1 Å². The number of nitrogens with one attached hydrogen (secondary N) is 1. The molecule has 0 spiro atoms. The molecule has 3 fully saturated rings. The number of rotatable bonds is 9. The summed E-state index contributed by atoms with van der Waals surface area (Å²) in [6, 6.07) is 19.0. The maximum atomic E-state index is 14.8. The van der Waals surface area contributed by atoms with Crippen molar-refractivity contribution < 1.29 is 27.4 Å². The first-order valence-corrected chi connectivity index (χ1v) is 17.8. The summed E-state index contributed by atoms with van der Waals surface area (Å²) < 4.78 is 53.7. The minimum absolute atomic E-state index is 0.184. The van der Waals surface area contributed by atoms with Crippen molar-refractivity contribution in [2.75, 3.05) is 39.4 Å². The molecule has 1 N–H and O–H groups in total. The molecular formula is C39H42ClF3N4O3. The summed E-state index contributed by atoms with van der Waals surface area (Å²) in [4.78, 5) is 24.5. The van der Waals surface area contributed by atoms with Gasteiger partial charge in [-0.15, -0.1) is 0 Å². The van der Waals surface area contributed by atoms with Gasteiger partial charge in [-0.3, -0.25) is 14.6 Å². The van der Waals surface area contributed by atoms with Crippen LogP contribution in [0.5, 0.6) is 5.75 Å². The lowest BCUT2D eigenvalue weighted by atomic mass is 9.93. The Balaban J connectivity index is 1.36. The van der Waals surface area contributed by atoms with Gasteiger partial charge in [0.05, 0.1) is 47.2 Å². The summed E-state index contributed by atoms with van der Waals surface area (Å²) in [7, 11) is 0. The number of hydrogen-bond acceptors (Lipinski definition) is 6. The SMILES string of the molecule is CC(C)Oc1ccc2c(C(=O)NC3(c4ccccc4)CC3)c(CN3CCC(N4CCOCC4)CC3)c(-c3cccc(C(F)(F)F)c3)nc2c1Cl. The van der Waals surface area contributed by atoms with Gasteiger partial charge in [-0.2, -0.15) is 13.2 Å². The summed E-state index contributed by atoms with van der Waals surface area (Å²) in [5.74, 6) is 0.0858. The molecule has 3 aromatic carbocycles. The Hall–Kier alpha value is -3.70. The number of alkyl halides is 3. The number of hydrogen-bond donors (Lipinski definition) is 1. The number of piperidine rings is 1. The van der Waals surface area contributed by atoms with Crippen LogP contribution in [-0.4, -0.2) is 72.2 Å². The van der Waals surface area contributed by atoms with Gasteiger partial charge in [0.1, 0.15) is 10.8 Å². The third-order valence-corrected chi connectivity index (χ3v) is 10.5. The second kappa shape index (κ2) is 14.1. The van der Waals surface area contributed by atoms with Gasteiger partial charge >= 0.3 is 6.18 Å². The second-order valence-electron chi connectivity index (χ2n) is 13.9. The fraction of sp³-hybridized carbons (Fsp3) is 0.436. The summed E-state index contributed by atoms with van der Waals surface area (Å²) in [6.45, 7) is 8.95. The van der Waals surface area contributed by atoms with Gasteiger partial charge in [0.15, 0.2) is 0 Å². The third-order valence-electron chi connectivity index (χ3n) is 10.1. The maximum Gasteiger partial charge on any atom is 0.416 e. The van der Waals surface area contributed by atoms with Crippen molar-refractivity contribution in [3.05, 3.63) is 94.0 Å². The average Bonchev–Trinajstić information content (AvgIpc) is 3.90. The second-order valence-corrected chi connectivity index (χ2v) is 14.3. The molecule has 0 radical (unpaired) electrons. The molecule has 1 saturated carbocycles. The fourth-order valence-electron chi connectivity index (χ4n) is 7.41. The van der Waals surface area contributed by atoms with Crippen molar-refractivity contribution in [3.63, 3.8) is 0 Å². The number of amides is 1. The molecule has 264 valence electrons. The van der Waals surface area contributed by atoms with Crippen molar-refractivity contribution in [1.29, 1.82) is 0 Å². The highest BCUT2D eigenvalue weighted by Crippen LogP contribution is 2.47. The van der Waals surface area contributed by atoms with Crippen LogP contribution in [0.3, 0.4) is 0 Å². The molecule has 2 saturated heterocycles. The van der Waals surface area contributed by atoms with E-state index in [0.29, 0.717) is 46.1 Å². The molecule has 4 aromatic rings. The zero-order valence-corrected chi connectivity index (χ0v) is 29.1. The van der Waals surface area contributed by atoms with Crippen LogP contribution < -0.4 is 10.1 Å². The molecule has 0 bridgehead atoms. The van der Waals surface area contributed by atoms with Gasteiger partial charge in [0.2, 0.25) is 0 Å². The number of halogens is 4. The van der Waals surface area contributed by atoms with E-state index in [0.717, 1.165) is 82.8 Å². The lowest BCUT2D eigenvalue weighted by Crippen LogP contribution is -2.48. The number of likely N-dealkylation sites (tertiary alicyclic amines) is 1. The topological polar surface area (TPSA) is 66.9 Å². The van der Waals surface area contributed by atoms with E-state index in [-0.39, 0.29) is 22.6 Å². The van der Waals surface area contributed by atoms with Gasteiger partial charge < -0.3 is 14.8 Å². The van der Waals surface area contributed by atoms with E-state index in [9.17, 15) is 18.0 Å². The van der Waals surface area contributed by atoms with Gasteiger partial charge in [-0.25, -0.2) is 4.98 Å². The monoisotopic (exact) mass is 706 g/mol. The van der Waals surface area contributed by atoms with Gasteiger partial charge in [0, 0.05) is 42.2 Å². The number of carbonyl (C=O) groups is 1. The van der Waals surface area contributed by atoms with Gasteiger partial charge in [-0.1, -0.05) is 54.1 Å². The molecule has 7 rings (SSSR count). The van der Waals surface area contributed by atoms with Crippen LogP contribution >= 0.6 is 11.6 Å². The number of fused-ring (bicyclic) bond motifs is 1. The lowest BCUT2D eigenvalue weighted by molar-refractivity contribution is -0.137. The van der Waals surface area contributed by atoms with E-state index >= 15 is 0 Å². The molecule has 3 heterocycles. The molecule has 7 nitrogen and oxygen atoms in total. The number of benzene rings is 3. The van der Waals surface area contributed by atoms with E-state index in [4.69, 9.17) is 26.1 Å². The number of ether oxygens (including phenoxy) is 2. The van der Waals surface area contributed by atoms with Gasteiger partial charge in [-0.05, 0) is 82.4 Å². The highest BCUT2D eigenvalue weighted by atomic mass is 35.5. The highest BCUT2D eigenvalue weighted by Gasteiger charge is 2.46.